The number of allylic oxidation sites excluding steroid dienone is 1. The average molecular weight is 330 g/mol. The molecule has 2 aliphatic heterocycles. The SMILES string of the molecule is C=C(C)[C@@H]1CC(=O)C[C@]23OC4(C)C[C@H]5OC(=O)[C@H]([C@H]5[C@H]4C2=O)[C@H]3C1. The maximum Gasteiger partial charge on any atom is 0.310 e. The molecule has 5 aliphatic rings. The molecule has 0 radical (unpaired) electrons. The van der Waals surface area contributed by atoms with Gasteiger partial charge in [-0.25, -0.2) is 0 Å². The van der Waals surface area contributed by atoms with Crippen LogP contribution in [0.2, 0.25) is 0 Å². The summed E-state index contributed by atoms with van der Waals surface area (Å²) in [5.41, 5.74) is -0.771. The fourth-order valence-corrected chi connectivity index (χ4v) is 6.49. The first kappa shape index (κ1) is 14.8. The molecule has 1 unspecified atom stereocenters. The molecule has 2 bridgehead atoms. The van der Waals surface area contributed by atoms with E-state index in [1.807, 2.05) is 13.8 Å². The predicted octanol–water partition coefficient (Wildman–Crippen LogP) is 1.84. The van der Waals surface area contributed by atoms with Crippen LogP contribution in [-0.2, 0) is 23.9 Å². The highest BCUT2D eigenvalue weighted by molar-refractivity contribution is 6.01. The first-order valence-electron chi connectivity index (χ1n) is 8.89. The first-order chi connectivity index (χ1) is 11.3. The number of Topliss-reactive ketones (excluding diaryl/α,β-unsaturated/α-hetero) is 2. The average Bonchev–Trinajstić information content (AvgIpc) is 2.90. The van der Waals surface area contributed by atoms with Crippen molar-refractivity contribution in [2.24, 2.45) is 29.6 Å². The second-order valence-electron chi connectivity index (χ2n) is 8.73. The van der Waals surface area contributed by atoms with E-state index in [1.165, 1.54) is 0 Å². The third-order valence-electron chi connectivity index (χ3n) is 7.35. The monoisotopic (exact) mass is 330 g/mol. The van der Waals surface area contributed by atoms with Crippen LogP contribution < -0.4 is 0 Å². The van der Waals surface area contributed by atoms with E-state index in [0.717, 1.165) is 5.57 Å². The highest BCUT2D eigenvalue weighted by Gasteiger charge is 2.79. The number of hydrogen-bond acceptors (Lipinski definition) is 5. The van der Waals surface area contributed by atoms with Crippen molar-refractivity contribution >= 4 is 17.5 Å². The van der Waals surface area contributed by atoms with E-state index in [4.69, 9.17) is 9.47 Å². The summed E-state index contributed by atoms with van der Waals surface area (Å²) in [7, 11) is 0. The molecule has 5 rings (SSSR count). The molecule has 8 atom stereocenters. The van der Waals surface area contributed by atoms with Crippen molar-refractivity contribution in [1.29, 1.82) is 0 Å². The molecule has 0 aromatic rings. The number of ketones is 2. The maximum atomic E-state index is 13.3. The van der Waals surface area contributed by atoms with Crippen molar-refractivity contribution in [2.45, 2.75) is 56.8 Å². The van der Waals surface area contributed by atoms with E-state index in [1.54, 1.807) is 0 Å². The van der Waals surface area contributed by atoms with Gasteiger partial charge in [0.1, 0.15) is 17.5 Å². The van der Waals surface area contributed by atoms with Gasteiger partial charge in [-0.2, -0.15) is 0 Å². The maximum absolute atomic E-state index is 13.3. The Morgan fingerprint density at radius 3 is 2.75 bits per heavy atom. The Hall–Kier alpha value is -1.49. The zero-order valence-corrected chi connectivity index (χ0v) is 14.0. The van der Waals surface area contributed by atoms with Gasteiger partial charge in [0, 0.05) is 31.1 Å². The van der Waals surface area contributed by atoms with Crippen LogP contribution in [0.15, 0.2) is 12.2 Å². The largest absolute Gasteiger partial charge is 0.462 e. The fraction of sp³-hybridized carbons (Fsp3) is 0.737. The minimum Gasteiger partial charge on any atom is -0.462 e. The lowest BCUT2D eigenvalue weighted by Crippen LogP contribution is -2.56. The van der Waals surface area contributed by atoms with Gasteiger partial charge >= 0.3 is 5.97 Å². The molecule has 5 nitrogen and oxygen atoms in total. The summed E-state index contributed by atoms with van der Waals surface area (Å²) >= 11 is 0. The number of carbonyl (C=O) groups is 3. The van der Waals surface area contributed by atoms with Crippen LogP contribution >= 0.6 is 0 Å². The summed E-state index contributed by atoms with van der Waals surface area (Å²) in [5.74, 6) is -1.04. The zero-order valence-electron chi connectivity index (χ0n) is 14.0. The summed E-state index contributed by atoms with van der Waals surface area (Å²) in [5, 5.41) is 0. The quantitative estimate of drug-likeness (QED) is 0.542. The Balaban J connectivity index is 1.69. The molecule has 1 spiro atoms. The number of esters is 1. The van der Waals surface area contributed by atoms with Crippen LogP contribution in [-0.4, -0.2) is 34.8 Å². The van der Waals surface area contributed by atoms with Crippen molar-refractivity contribution in [2.75, 3.05) is 0 Å². The molecule has 5 fully saturated rings. The molecule has 2 saturated heterocycles. The summed E-state index contributed by atoms with van der Waals surface area (Å²) in [4.78, 5) is 38.5. The fourth-order valence-electron chi connectivity index (χ4n) is 6.49. The minimum atomic E-state index is -1.11. The van der Waals surface area contributed by atoms with Gasteiger partial charge in [0.25, 0.3) is 0 Å². The predicted molar refractivity (Wildman–Crippen MR) is 82.8 cm³/mol. The molecule has 5 heteroatoms. The van der Waals surface area contributed by atoms with Crippen LogP contribution in [0.5, 0.6) is 0 Å². The van der Waals surface area contributed by atoms with Gasteiger partial charge in [0.05, 0.1) is 17.4 Å². The first-order valence-corrected chi connectivity index (χ1v) is 8.89. The van der Waals surface area contributed by atoms with Gasteiger partial charge in [-0.15, -0.1) is 0 Å². The lowest BCUT2D eigenvalue weighted by Gasteiger charge is -2.42. The van der Waals surface area contributed by atoms with Gasteiger partial charge in [-0.3, -0.25) is 14.4 Å². The molecule has 0 N–H and O–H groups in total. The minimum absolute atomic E-state index is 0.00797. The van der Waals surface area contributed by atoms with Crippen LogP contribution in [0.25, 0.3) is 0 Å². The van der Waals surface area contributed by atoms with Crippen molar-refractivity contribution in [1.82, 2.24) is 0 Å². The number of fused-ring (bicyclic) bond motifs is 1. The molecule has 3 aliphatic carbocycles. The number of carbonyl (C=O) groups excluding carboxylic acids is 3. The number of ether oxygens (including phenoxy) is 2. The lowest BCUT2D eigenvalue weighted by molar-refractivity contribution is -0.166. The molecule has 128 valence electrons. The third-order valence-corrected chi connectivity index (χ3v) is 7.35. The van der Waals surface area contributed by atoms with E-state index in [-0.39, 0.29) is 59.7 Å². The van der Waals surface area contributed by atoms with Gasteiger partial charge in [-0.05, 0) is 26.2 Å². The molecule has 0 aromatic heterocycles. The van der Waals surface area contributed by atoms with Crippen molar-refractivity contribution in [3.05, 3.63) is 12.2 Å². The lowest BCUT2D eigenvalue weighted by atomic mass is 9.59. The smallest absolute Gasteiger partial charge is 0.310 e. The van der Waals surface area contributed by atoms with E-state index in [0.29, 0.717) is 19.3 Å². The van der Waals surface area contributed by atoms with Crippen LogP contribution in [0.4, 0.5) is 0 Å². The Morgan fingerprint density at radius 2 is 2.04 bits per heavy atom. The Labute approximate surface area is 140 Å². The third kappa shape index (κ3) is 1.48. The second kappa shape index (κ2) is 4.18. The summed E-state index contributed by atoms with van der Waals surface area (Å²) in [6.45, 7) is 7.90. The van der Waals surface area contributed by atoms with Crippen LogP contribution in [0.1, 0.15) is 39.5 Å². The summed E-state index contributed by atoms with van der Waals surface area (Å²) < 4.78 is 12.1. The van der Waals surface area contributed by atoms with Crippen molar-refractivity contribution in [3.63, 3.8) is 0 Å². The van der Waals surface area contributed by atoms with Crippen LogP contribution in [0.3, 0.4) is 0 Å². The Bertz CT molecular complexity index is 711. The molecule has 3 saturated carbocycles. The van der Waals surface area contributed by atoms with E-state index >= 15 is 0 Å². The van der Waals surface area contributed by atoms with E-state index in [2.05, 4.69) is 6.58 Å². The van der Waals surface area contributed by atoms with E-state index < -0.39 is 11.2 Å². The highest BCUT2D eigenvalue weighted by atomic mass is 16.6. The van der Waals surface area contributed by atoms with Gasteiger partial charge < -0.3 is 9.47 Å². The number of rotatable bonds is 1. The molecule has 0 amide bonds. The summed E-state index contributed by atoms with van der Waals surface area (Å²) in [6, 6.07) is 0. The zero-order chi connectivity index (χ0) is 17.0. The summed E-state index contributed by atoms with van der Waals surface area (Å²) in [6.07, 6.45) is 1.47. The number of hydrogen-bond donors (Lipinski definition) is 0. The molecule has 24 heavy (non-hydrogen) atoms. The Kier molecular flexibility index (Phi) is 2.58. The molecule has 0 aromatic carbocycles. The standard InChI is InChI=1S/C19H22O5/c1-8(2)9-4-10(20)6-19-11(5-9)13-14-12(23-17(13)22)7-18(3,24-19)15(14)16(19)21/h9,11-15H,1,4-7H2,2-3H3/t9-,11-,12-,13+,14+,15+,18?,19-/m1/s1. The second-order valence-corrected chi connectivity index (χ2v) is 8.73. The molecule has 2 heterocycles. The van der Waals surface area contributed by atoms with Gasteiger partial charge in [0.2, 0.25) is 0 Å². The molecular weight excluding hydrogens is 308 g/mol. The van der Waals surface area contributed by atoms with Crippen molar-refractivity contribution in [3.8, 4) is 0 Å². The Morgan fingerprint density at radius 1 is 1.29 bits per heavy atom. The van der Waals surface area contributed by atoms with Gasteiger partial charge in [0.15, 0.2) is 5.78 Å². The molecular formula is C19H22O5. The van der Waals surface area contributed by atoms with E-state index in [9.17, 15) is 14.4 Å². The van der Waals surface area contributed by atoms with Crippen molar-refractivity contribution < 1.29 is 23.9 Å². The highest BCUT2D eigenvalue weighted by Crippen LogP contribution is 2.68. The normalized spacial score (nSPS) is 54.5. The van der Waals surface area contributed by atoms with Gasteiger partial charge in [-0.1, -0.05) is 12.2 Å². The van der Waals surface area contributed by atoms with Crippen LogP contribution in [0, 0.1) is 29.6 Å². The topological polar surface area (TPSA) is 69.7 Å².